The van der Waals surface area contributed by atoms with Crippen molar-refractivity contribution in [2.75, 3.05) is 13.2 Å². The van der Waals surface area contributed by atoms with Gasteiger partial charge in [0.2, 0.25) is 0 Å². The minimum Gasteiger partial charge on any atom is -0.478 e. The highest BCUT2D eigenvalue weighted by atomic mass is 35.5. The number of aromatic carboxylic acids is 1. The van der Waals surface area contributed by atoms with Gasteiger partial charge in [-0.05, 0) is 13.0 Å². The van der Waals surface area contributed by atoms with E-state index >= 15 is 0 Å². The molecule has 1 aromatic carbocycles. The van der Waals surface area contributed by atoms with E-state index in [0.717, 1.165) is 5.56 Å². The van der Waals surface area contributed by atoms with Crippen molar-refractivity contribution in [1.82, 2.24) is 4.90 Å². The van der Waals surface area contributed by atoms with Crippen molar-refractivity contribution < 1.29 is 23.8 Å². The van der Waals surface area contributed by atoms with Gasteiger partial charge in [-0.25, -0.2) is 4.79 Å². The van der Waals surface area contributed by atoms with Gasteiger partial charge in [-0.1, -0.05) is 36.7 Å². The number of rotatable bonds is 4. The number of morpholine rings is 1. The Morgan fingerprint density at radius 3 is 2.69 bits per heavy atom. The summed E-state index contributed by atoms with van der Waals surface area (Å²) in [6.45, 7) is 4.33. The SMILES string of the molecule is CCc1oc(C(=O)N2CC(c3ccccc3Cl)OCC2C)cc1C(=O)O. The first kappa shape index (κ1) is 18.5. The molecule has 6 nitrogen and oxygen atoms in total. The molecule has 7 heteroatoms. The molecule has 1 fully saturated rings. The van der Waals surface area contributed by atoms with E-state index in [1.165, 1.54) is 6.07 Å². The Labute approximate surface area is 156 Å². The smallest absolute Gasteiger partial charge is 0.339 e. The van der Waals surface area contributed by atoms with Gasteiger partial charge in [0.25, 0.3) is 5.91 Å². The molecule has 2 heterocycles. The van der Waals surface area contributed by atoms with Crippen LogP contribution in [-0.2, 0) is 11.2 Å². The minimum absolute atomic E-state index is 0.0272. The van der Waals surface area contributed by atoms with Crippen molar-refractivity contribution in [3.05, 3.63) is 58.0 Å². The molecule has 1 aromatic heterocycles. The summed E-state index contributed by atoms with van der Waals surface area (Å²) in [5, 5.41) is 9.84. The number of carboxylic acid groups (broad SMARTS) is 1. The Morgan fingerprint density at radius 1 is 1.35 bits per heavy atom. The monoisotopic (exact) mass is 377 g/mol. The number of hydrogen-bond donors (Lipinski definition) is 1. The van der Waals surface area contributed by atoms with Crippen LogP contribution in [0.5, 0.6) is 0 Å². The fourth-order valence-corrected chi connectivity index (χ4v) is 3.34. The number of carbonyl (C=O) groups is 2. The van der Waals surface area contributed by atoms with Gasteiger partial charge in [-0.3, -0.25) is 4.79 Å². The van der Waals surface area contributed by atoms with Crippen molar-refractivity contribution in [1.29, 1.82) is 0 Å². The van der Waals surface area contributed by atoms with Gasteiger partial charge in [0.1, 0.15) is 17.4 Å². The van der Waals surface area contributed by atoms with Crippen LogP contribution < -0.4 is 0 Å². The summed E-state index contributed by atoms with van der Waals surface area (Å²) < 4.78 is 11.4. The van der Waals surface area contributed by atoms with Gasteiger partial charge in [0, 0.05) is 23.1 Å². The first-order chi connectivity index (χ1) is 12.4. The van der Waals surface area contributed by atoms with Crippen molar-refractivity contribution in [3.63, 3.8) is 0 Å². The molecule has 26 heavy (non-hydrogen) atoms. The molecule has 1 saturated heterocycles. The van der Waals surface area contributed by atoms with Gasteiger partial charge in [-0.15, -0.1) is 0 Å². The quantitative estimate of drug-likeness (QED) is 0.876. The molecular formula is C19H20ClNO5. The lowest BCUT2D eigenvalue weighted by Gasteiger charge is -2.38. The molecule has 1 N–H and O–H groups in total. The fourth-order valence-electron chi connectivity index (χ4n) is 3.08. The summed E-state index contributed by atoms with van der Waals surface area (Å²) in [5.74, 6) is -1.12. The number of nitrogens with zero attached hydrogens (tertiary/aromatic N) is 1. The van der Waals surface area contributed by atoms with Crippen LogP contribution in [0, 0.1) is 0 Å². The summed E-state index contributed by atoms with van der Waals surface area (Å²) in [6.07, 6.45) is 0.0546. The maximum absolute atomic E-state index is 12.9. The third-order valence-corrected chi connectivity index (χ3v) is 4.86. The summed E-state index contributed by atoms with van der Waals surface area (Å²) in [4.78, 5) is 25.9. The molecule has 1 amide bonds. The molecule has 0 aliphatic carbocycles. The van der Waals surface area contributed by atoms with Gasteiger partial charge in [0.15, 0.2) is 5.76 Å². The molecule has 0 radical (unpaired) electrons. The van der Waals surface area contributed by atoms with Crippen LogP contribution in [0.25, 0.3) is 0 Å². The molecule has 1 aliphatic rings. The fraction of sp³-hybridized carbons (Fsp3) is 0.368. The lowest BCUT2D eigenvalue weighted by atomic mass is 10.1. The molecule has 2 aromatic rings. The van der Waals surface area contributed by atoms with Crippen molar-refractivity contribution in [3.8, 4) is 0 Å². The first-order valence-electron chi connectivity index (χ1n) is 8.45. The molecule has 0 bridgehead atoms. The normalized spacial score (nSPS) is 20.2. The Balaban J connectivity index is 1.86. The highest BCUT2D eigenvalue weighted by Gasteiger charge is 2.34. The second kappa shape index (κ2) is 7.51. The van der Waals surface area contributed by atoms with Crippen LogP contribution in [0.2, 0.25) is 5.02 Å². The Kier molecular flexibility index (Phi) is 5.34. The zero-order valence-electron chi connectivity index (χ0n) is 14.6. The van der Waals surface area contributed by atoms with E-state index in [-0.39, 0.29) is 29.4 Å². The van der Waals surface area contributed by atoms with Gasteiger partial charge >= 0.3 is 5.97 Å². The zero-order valence-corrected chi connectivity index (χ0v) is 15.3. The Morgan fingerprint density at radius 2 is 2.08 bits per heavy atom. The molecule has 0 spiro atoms. The average Bonchev–Trinajstić information content (AvgIpc) is 3.07. The lowest BCUT2D eigenvalue weighted by Crippen LogP contribution is -2.48. The minimum atomic E-state index is -1.10. The number of furan rings is 1. The summed E-state index contributed by atoms with van der Waals surface area (Å²) in [7, 11) is 0. The van der Waals surface area contributed by atoms with E-state index in [1.807, 2.05) is 25.1 Å². The highest BCUT2D eigenvalue weighted by Crippen LogP contribution is 2.31. The second-order valence-corrected chi connectivity index (χ2v) is 6.66. The van der Waals surface area contributed by atoms with Crippen LogP contribution in [0.15, 0.2) is 34.7 Å². The average molecular weight is 378 g/mol. The molecular weight excluding hydrogens is 358 g/mol. The van der Waals surface area contributed by atoms with E-state index in [9.17, 15) is 14.7 Å². The third-order valence-electron chi connectivity index (χ3n) is 4.52. The van der Waals surface area contributed by atoms with Crippen LogP contribution in [0.4, 0.5) is 0 Å². The maximum atomic E-state index is 12.9. The van der Waals surface area contributed by atoms with Crippen LogP contribution in [-0.4, -0.2) is 41.1 Å². The van der Waals surface area contributed by atoms with E-state index in [4.69, 9.17) is 20.8 Å². The van der Waals surface area contributed by atoms with E-state index < -0.39 is 5.97 Å². The summed E-state index contributed by atoms with van der Waals surface area (Å²) in [5.41, 5.74) is 0.846. The van der Waals surface area contributed by atoms with E-state index in [1.54, 1.807) is 17.9 Å². The van der Waals surface area contributed by atoms with Crippen LogP contribution in [0.1, 0.15) is 52.2 Å². The second-order valence-electron chi connectivity index (χ2n) is 6.26. The molecule has 2 atom stereocenters. The first-order valence-corrected chi connectivity index (χ1v) is 8.83. The molecule has 138 valence electrons. The molecule has 2 unspecified atom stereocenters. The topological polar surface area (TPSA) is 80.0 Å². The lowest BCUT2D eigenvalue weighted by molar-refractivity contribution is -0.0495. The predicted octanol–water partition coefficient (Wildman–Crippen LogP) is 3.80. The summed E-state index contributed by atoms with van der Waals surface area (Å²) >= 11 is 6.25. The zero-order chi connectivity index (χ0) is 18.8. The number of aryl methyl sites for hydroxylation is 1. The largest absolute Gasteiger partial charge is 0.478 e. The Bertz CT molecular complexity index is 831. The molecule has 3 rings (SSSR count). The van der Waals surface area contributed by atoms with Gasteiger partial charge in [-0.2, -0.15) is 0 Å². The van der Waals surface area contributed by atoms with Gasteiger partial charge in [0.05, 0.1) is 19.2 Å². The number of carbonyl (C=O) groups excluding carboxylic acids is 1. The number of carboxylic acids is 1. The van der Waals surface area contributed by atoms with Crippen molar-refractivity contribution >= 4 is 23.5 Å². The highest BCUT2D eigenvalue weighted by molar-refractivity contribution is 6.31. The van der Waals surface area contributed by atoms with Crippen LogP contribution in [0.3, 0.4) is 0 Å². The number of hydrogen-bond acceptors (Lipinski definition) is 4. The van der Waals surface area contributed by atoms with E-state index in [2.05, 4.69) is 0 Å². The number of ether oxygens (including phenoxy) is 1. The molecule has 0 saturated carbocycles. The summed E-state index contributed by atoms with van der Waals surface area (Å²) in [6, 6.07) is 8.50. The molecule has 1 aliphatic heterocycles. The Hall–Kier alpha value is -2.31. The maximum Gasteiger partial charge on any atom is 0.339 e. The van der Waals surface area contributed by atoms with Crippen LogP contribution >= 0.6 is 11.6 Å². The standard InChI is InChI=1S/C19H20ClNO5/c1-3-15-13(19(23)24)8-16(26-15)18(22)21-9-17(25-10-11(21)2)12-6-4-5-7-14(12)20/h4-8,11,17H,3,9-10H2,1-2H3,(H,23,24). The number of halogens is 1. The van der Waals surface area contributed by atoms with Crippen molar-refractivity contribution in [2.24, 2.45) is 0 Å². The van der Waals surface area contributed by atoms with Gasteiger partial charge < -0.3 is 19.2 Å². The van der Waals surface area contributed by atoms with Crippen molar-refractivity contribution in [2.45, 2.75) is 32.4 Å². The third kappa shape index (κ3) is 3.48. The number of benzene rings is 1. The predicted molar refractivity (Wildman–Crippen MR) is 95.7 cm³/mol. The van der Waals surface area contributed by atoms with E-state index in [0.29, 0.717) is 30.4 Å². The number of amides is 1.